The summed E-state index contributed by atoms with van der Waals surface area (Å²) in [4.78, 5) is 11.8. The number of aryl methyl sites for hydroxylation is 1. The summed E-state index contributed by atoms with van der Waals surface area (Å²) in [6.45, 7) is -0.0182. The Labute approximate surface area is 120 Å². The molecule has 0 unspecified atom stereocenters. The molecule has 0 amide bonds. The van der Waals surface area contributed by atoms with Gasteiger partial charge in [0.25, 0.3) is 0 Å². The Balaban J connectivity index is 1.72. The van der Waals surface area contributed by atoms with E-state index in [2.05, 4.69) is 20.6 Å². The Morgan fingerprint density at radius 3 is 2.81 bits per heavy atom. The van der Waals surface area contributed by atoms with Gasteiger partial charge < -0.3 is 4.74 Å². The number of esters is 1. The standard InChI is InChI=1S/C13H12N6O2/c1-18-8-10(7-14-18)13(20)21-9-12-15-16-17-19(12)11-5-3-2-4-6-11/h2-8H,9H2,1H3. The van der Waals surface area contributed by atoms with Crippen LogP contribution in [0.4, 0.5) is 0 Å². The maximum absolute atomic E-state index is 11.8. The number of carbonyl (C=O) groups is 1. The Morgan fingerprint density at radius 2 is 2.10 bits per heavy atom. The number of hydrogen-bond donors (Lipinski definition) is 0. The summed E-state index contributed by atoms with van der Waals surface area (Å²) in [5.74, 6) is -0.0239. The van der Waals surface area contributed by atoms with Crippen LogP contribution in [0.2, 0.25) is 0 Å². The van der Waals surface area contributed by atoms with Crippen LogP contribution in [0.1, 0.15) is 16.2 Å². The zero-order valence-corrected chi connectivity index (χ0v) is 11.2. The van der Waals surface area contributed by atoms with Gasteiger partial charge in [-0.25, -0.2) is 4.79 Å². The molecule has 8 heteroatoms. The molecule has 0 saturated carbocycles. The number of hydrogen-bond acceptors (Lipinski definition) is 6. The van der Waals surface area contributed by atoms with Crippen LogP contribution < -0.4 is 0 Å². The fraction of sp³-hybridized carbons (Fsp3) is 0.154. The van der Waals surface area contributed by atoms with Gasteiger partial charge in [-0.05, 0) is 22.6 Å². The van der Waals surface area contributed by atoms with E-state index in [0.717, 1.165) is 5.69 Å². The molecular formula is C13H12N6O2. The van der Waals surface area contributed by atoms with Crippen molar-refractivity contribution in [2.75, 3.05) is 0 Å². The highest BCUT2D eigenvalue weighted by atomic mass is 16.5. The van der Waals surface area contributed by atoms with Crippen LogP contribution in [0, 0.1) is 0 Å². The normalized spacial score (nSPS) is 10.5. The fourth-order valence-electron chi connectivity index (χ4n) is 1.81. The number of para-hydroxylation sites is 1. The van der Waals surface area contributed by atoms with Crippen LogP contribution in [-0.4, -0.2) is 36.0 Å². The maximum Gasteiger partial charge on any atom is 0.341 e. The Bertz CT molecular complexity index is 749. The molecule has 0 radical (unpaired) electrons. The minimum absolute atomic E-state index is 0.0182. The number of tetrazole rings is 1. The lowest BCUT2D eigenvalue weighted by molar-refractivity contribution is 0.0459. The molecule has 0 aliphatic carbocycles. The summed E-state index contributed by atoms with van der Waals surface area (Å²) in [5, 5.41) is 15.3. The van der Waals surface area contributed by atoms with E-state index in [1.807, 2.05) is 30.3 Å². The zero-order chi connectivity index (χ0) is 14.7. The molecule has 0 atom stereocenters. The van der Waals surface area contributed by atoms with Crippen molar-refractivity contribution >= 4 is 5.97 Å². The second-order valence-electron chi connectivity index (χ2n) is 4.32. The topological polar surface area (TPSA) is 87.7 Å². The van der Waals surface area contributed by atoms with Crippen LogP contribution >= 0.6 is 0 Å². The molecule has 2 heterocycles. The van der Waals surface area contributed by atoms with Crippen molar-refractivity contribution in [1.29, 1.82) is 0 Å². The van der Waals surface area contributed by atoms with E-state index in [9.17, 15) is 4.79 Å². The summed E-state index contributed by atoms with van der Waals surface area (Å²) in [6, 6.07) is 9.38. The molecule has 0 saturated heterocycles. The zero-order valence-electron chi connectivity index (χ0n) is 11.2. The van der Waals surface area contributed by atoms with Crippen molar-refractivity contribution in [3.05, 3.63) is 54.1 Å². The molecule has 3 aromatic rings. The maximum atomic E-state index is 11.8. The molecule has 0 spiro atoms. The van der Waals surface area contributed by atoms with Gasteiger partial charge in [0, 0.05) is 13.2 Å². The van der Waals surface area contributed by atoms with Crippen molar-refractivity contribution < 1.29 is 9.53 Å². The van der Waals surface area contributed by atoms with Gasteiger partial charge in [0.1, 0.15) is 0 Å². The predicted octanol–water partition coefficient (Wildman–Crippen LogP) is 0.753. The lowest BCUT2D eigenvalue weighted by Gasteiger charge is -2.04. The van der Waals surface area contributed by atoms with Crippen molar-refractivity contribution in [3.63, 3.8) is 0 Å². The Kier molecular flexibility index (Phi) is 3.42. The average Bonchev–Trinajstić information content (AvgIpc) is 3.14. The highest BCUT2D eigenvalue weighted by Crippen LogP contribution is 2.09. The number of rotatable bonds is 4. The van der Waals surface area contributed by atoms with Gasteiger partial charge in [0.15, 0.2) is 12.4 Å². The molecule has 2 aromatic heterocycles. The van der Waals surface area contributed by atoms with Gasteiger partial charge in [0.2, 0.25) is 0 Å². The van der Waals surface area contributed by atoms with Gasteiger partial charge in [-0.2, -0.15) is 9.78 Å². The van der Waals surface area contributed by atoms with Gasteiger partial charge in [0.05, 0.1) is 17.4 Å². The van der Waals surface area contributed by atoms with E-state index < -0.39 is 5.97 Å². The van der Waals surface area contributed by atoms with E-state index in [4.69, 9.17) is 4.74 Å². The first kappa shape index (κ1) is 13.0. The predicted molar refractivity (Wildman–Crippen MR) is 71.5 cm³/mol. The van der Waals surface area contributed by atoms with Crippen LogP contribution in [-0.2, 0) is 18.4 Å². The minimum atomic E-state index is -0.467. The third-order valence-corrected chi connectivity index (χ3v) is 2.81. The van der Waals surface area contributed by atoms with Gasteiger partial charge >= 0.3 is 5.97 Å². The summed E-state index contributed by atoms with van der Waals surface area (Å²) in [5.41, 5.74) is 1.19. The van der Waals surface area contributed by atoms with Crippen LogP contribution in [0.25, 0.3) is 5.69 Å². The molecule has 0 bridgehead atoms. The molecule has 0 aliphatic heterocycles. The van der Waals surface area contributed by atoms with Crippen molar-refractivity contribution in [2.45, 2.75) is 6.61 Å². The number of aromatic nitrogens is 6. The third-order valence-electron chi connectivity index (χ3n) is 2.81. The molecule has 0 aliphatic rings. The quantitative estimate of drug-likeness (QED) is 0.657. The van der Waals surface area contributed by atoms with E-state index in [1.165, 1.54) is 15.6 Å². The third kappa shape index (κ3) is 2.78. The summed E-state index contributed by atoms with van der Waals surface area (Å²) in [6.07, 6.45) is 3.03. The number of ether oxygens (including phenoxy) is 1. The molecule has 3 rings (SSSR count). The molecular weight excluding hydrogens is 272 g/mol. The van der Waals surface area contributed by atoms with Crippen LogP contribution in [0.3, 0.4) is 0 Å². The minimum Gasteiger partial charge on any atom is -0.454 e. The van der Waals surface area contributed by atoms with Crippen LogP contribution in [0.5, 0.6) is 0 Å². The van der Waals surface area contributed by atoms with Gasteiger partial charge in [-0.1, -0.05) is 18.2 Å². The molecule has 8 nitrogen and oxygen atoms in total. The highest BCUT2D eigenvalue weighted by molar-refractivity contribution is 5.88. The van der Waals surface area contributed by atoms with E-state index in [0.29, 0.717) is 11.4 Å². The number of benzene rings is 1. The van der Waals surface area contributed by atoms with Gasteiger partial charge in [-0.15, -0.1) is 5.10 Å². The van der Waals surface area contributed by atoms with Crippen molar-refractivity contribution in [3.8, 4) is 5.69 Å². The van der Waals surface area contributed by atoms with Crippen LogP contribution in [0.15, 0.2) is 42.7 Å². The lowest BCUT2D eigenvalue weighted by atomic mass is 10.3. The van der Waals surface area contributed by atoms with Crippen molar-refractivity contribution in [1.82, 2.24) is 30.0 Å². The first-order valence-electron chi connectivity index (χ1n) is 6.22. The second kappa shape index (κ2) is 5.53. The summed E-state index contributed by atoms with van der Waals surface area (Å²) in [7, 11) is 1.73. The number of nitrogens with zero attached hydrogens (tertiary/aromatic N) is 6. The molecule has 0 fully saturated rings. The summed E-state index contributed by atoms with van der Waals surface area (Å²) >= 11 is 0. The lowest BCUT2D eigenvalue weighted by Crippen LogP contribution is -2.09. The molecule has 106 valence electrons. The van der Waals surface area contributed by atoms with Crippen molar-refractivity contribution in [2.24, 2.45) is 7.05 Å². The smallest absolute Gasteiger partial charge is 0.341 e. The molecule has 21 heavy (non-hydrogen) atoms. The Morgan fingerprint density at radius 1 is 1.29 bits per heavy atom. The average molecular weight is 284 g/mol. The highest BCUT2D eigenvalue weighted by Gasteiger charge is 2.13. The summed E-state index contributed by atoms with van der Waals surface area (Å²) < 4.78 is 8.25. The Hall–Kier alpha value is -3.03. The molecule has 1 aromatic carbocycles. The van der Waals surface area contributed by atoms with E-state index in [-0.39, 0.29) is 6.61 Å². The number of carbonyl (C=O) groups excluding carboxylic acids is 1. The first-order valence-corrected chi connectivity index (χ1v) is 6.22. The second-order valence-corrected chi connectivity index (χ2v) is 4.32. The SMILES string of the molecule is Cn1cc(C(=O)OCc2nnnn2-c2ccccc2)cn1. The first-order chi connectivity index (χ1) is 10.2. The van der Waals surface area contributed by atoms with E-state index >= 15 is 0 Å². The fourth-order valence-corrected chi connectivity index (χ4v) is 1.81. The monoisotopic (exact) mass is 284 g/mol. The molecule has 0 N–H and O–H groups in total. The van der Waals surface area contributed by atoms with Gasteiger partial charge in [-0.3, -0.25) is 4.68 Å². The van der Waals surface area contributed by atoms with E-state index in [1.54, 1.807) is 13.2 Å². The largest absolute Gasteiger partial charge is 0.454 e.